The SMILES string of the molecule is CCCCNc1ncc(C(=O)NCCCOC)c(N[C@H]2CC[C@H](O)CC2)n1. The number of carbonyl (C=O) groups excluding carboxylic acids is 1. The number of methoxy groups -OCH3 is 1. The molecule has 152 valence electrons. The Bertz CT molecular complexity index is 576. The molecule has 8 heteroatoms. The molecule has 1 heterocycles. The fraction of sp³-hybridized carbons (Fsp3) is 0.737. The molecule has 0 saturated heterocycles. The molecule has 0 spiro atoms. The van der Waals surface area contributed by atoms with Crippen molar-refractivity contribution < 1.29 is 14.6 Å². The normalized spacial score (nSPS) is 19.5. The van der Waals surface area contributed by atoms with Crippen molar-refractivity contribution in [2.45, 2.75) is 64.0 Å². The Balaban J connectivity index is 2.06. The molecule has 27 heavy (non-hydrogen) atoms. The summed E-state index contributed by atoms with van der Waals surface area (Å²) in [6.45, 7) is 4.07. The Morgan fingerprint density at radius 1 is 1.26 bits per heavy atom. The highest BCUT2D eigenvalue weighted by molar-refractivity contribution is 5.98. The van der Waals surface area contributed by atoms with E-state index in [1.165, 1.54) is 0 Å². The first-order chi connectivity index (χ1) is 13.1. The van der Waals surface area contributed by atoms with Crippen LogP contribution in [0, 0.1) is 0 Å². The molecule has 0 radical (unpaired) electrons. The van der Waals surface area contributed by atoms with Crippen LogP contribution in [0.5, 0.6) is 0 Å². The van der Waals surface area contributed by atoms with Crippen LogP contribution in [0.2, 0.25) is 0 Å². The summed E-state index contributed by atoms with van der Waals surface area (Å²) in [6.07, 6.45) is 7.49. The molecular weight excluding hydrogens is 346 g/mol. The first-order valence-electron chi connectivity index (χ1n) is 9.96. The van der Waals surface area contributed by atoms with Gasteiger partial charge in [0.25, 0.3) is 5.91 Å². The molecule has 8 nitrogen and oxygen atoms in total. The van der Waals surface area contributed by atoms with E-state index in [1.54, 1.807) is 13.3 Å². The van der Waals surface area contributed by atoms with Crippen molar-refractivity contribution in [2.75, 3.05) is 37.4 Å². The largest absolute Gasteiger partial charge is 0.393 e. The minimum atomic E-state index is -0.219. The van der Waals surface area contributed by atoms with Gasteiger partial charge >= 0.3 is 0 Å². The van der Waals surface area contributed by atoms with Crippen molar-refractivity contribution in [3.05, 3.63) is 11.8 Å². The number of aliphatic hydroxyl groups is 1. The molecule has 0 aliphatic heterocycles. The van der Waals surface area contributed by atoms with Gasteiger partial charge in [-0.1, -0.05) is 13.3 Å². The third-order valence-corrected chi connectivity index (χ3v) is 4.70. The zero-order chi connectivity index (χ0) is 19.5. The van der Waals surface area contributed by atoms with E-state index in [0.29, 0.717) is 30.5 Å². The van der Waals surface area contributed by atoms with Crippen LogP contribution in [0.3, 0.4) is 0 Å². The van der Waals surface area contributed by atoms with Crippen LogP contribution < -0.4 is 16.0 Å². The molecular formula is C19H33N5O3. The van der Waals surface area contributed by atoms with Crippen molar-refractivity contribution >= 4 is 17.7 Å². The zero-order valence-electron chi connectivity index (χ0n) is 16.5. The summed E-state index contributed by atoms with van der Waals surface area (Å²) >= 11 is 0. The fourth-order valence-corrected chi connectivity index (χ4v) is 3.05. The second-order valence-corrected chi connectivity index (χ2v) is 6.99. The highest BCUT2D eigenvalue weighted by Gasteiger charge is 2.22. The number of aliphatic hydroxyl groups excluding tert-OH is 1. The van der Waals surface area contributed by atoms with Crippen LogP contribution in [0.4, 0.5) is 11.8 Å². The molecule has 1 aromatic rings. The lowest BCUT2D eigenvalue weighted by atomic mass is 9.93. The number of carbonyl (C=O) groups is 1. The van der Waals surface area contributed by atoms with Crippen LogP contribution in [0.1, 0.15) is 62.2 Å². The van der Waals surface area contributed by atoms with Crippen LogP contribution in [0.15, 0.2) is 6.20 Å². The maximum absolute atomic E-state index is 12.6. The lowest BCUT2D eigenvalue weighted by molar-refractivity contribution is 0.0948. The predicted octanol–water partition coefficient (Wildman–Crippen LogP) is 2.17. The maximum atomic E-state index is 12.6. The number of nitrogens with one attached hydrogen (secondary N) is 3. The third kappa shape index (κ3) is 7.30. The van der Waals surface area contributed by atoms with Gasteiger partial charge in [0, 0.05) is 39.0 Å². The van der Waals surface area contributed by atoms with Gasteiger partial charge in [0.05, 0.1) is 6.10 Å². The van der Waals surface area contributed by atoms with Gasteiger partial charge in [-0.2, -0.15) is 4.98 Å². The summed E-state index contributed by atoms with van der Waals surface area (Å²) in [5.41, 5.74) is 0.444. The number of amides is 1. The Kier molecular flexibility index (Phi) is 9.27. The smallest absolute Gasteiger partial charge is 0.256 e. The summed E-state index contributed by atoms with van der Waals surface area (Å²) in [5.74, 6) is 0.886. The monoisotopic (exact) mass is 379 g/mol. The number of nitrogens with zero attached hydrogens (tertiary/aromatic N) is 2. The van der Waals surface area contributed by atoms with Gasteiger partial charge in [0.2, 0.25) is 5.95 Å². The van der Waals surface area contributed by atoms with Gasteiger partial charge in [-0.3, -0.25) is 4.79 Å². The van der Waals surface area contributed by atoms with Crippen LogP contribution in [0.25, 0.3) is 0 Å². The molecule has 1 saturated carbocycles. The molecule has 0 aromatic carbocycles. The van der Waals surface area contributed by atoms with Crippen molar-refractivity contribution in [1.29, 1.82) is 0 Å². The summed E-state index contributed by atoms with van der Waals surface area (Å²) < 4.78 is 5.01. The van der Waals surface area contributed by atoms with Crippen LogP contribution in [-0.2, 0) is 4.74 Å². The number of aromatic nitrogens is 2. The quantitative estimate of drug-likeness (QED) is 0.436. The highest BCUT2D eigenvalue weighted by atomic mass is 16.5. The highest BCUT2D eigenvalue weighted by Crippen LogP contribution is 2.23. The van der Waals surface area contributed by atoms with Crippen molar-refractivity contribution in [3.63, 3.8) is 0 Å². The number of rotatable bonds is 11. The van der Waals surface area contributed by atoms with Gasteiger partial charge in [-0.25, -0.2) is 4.98 Å². The fourth-order valence-electron chi connectivity index (χ4n) is 3.05. The minimum absolute atomic E-state index is 0.190. The van der Waals surface area contributed by atoms with Crippen molar-refractivity contribution in [1.82, 2.24) is 15.3 Å². The molecule has 1 aliphatic carbocycles. The van der Waals surface area contributed by atoms with Crippen LogP contribution >= 0.6 is 0 Å². The summed E-state index contributed by atoms with van der Waals surface area (Å²) in [4.78, 5) is 21.4. The van der Waals surface area contributed by atoms with E-state index in [9.17, 15) is 9.90 Å². The third-order valence-electron chi connectivity index (χ3n) is 4.70. The Morgan fingerprint density at radius 2 is 2.04 bits per heavy atom. The Morgan fingerprint density at radius 3 is 2.74 bits per heavy atom. The van der Waals surface area contributed by atoms with Gasteiger partial charge in [-0.15, -0.1) is 0 Å². The van der Waals surface area contributed by atoms with Gasteiger partial charge in [0.1, 0.15) is 11.4 Å². The summed E-state index contributed by atoms with van der Waals surface area (Å²) in [6, 6.07) is 0.201. The lowest BCUT2D eigenvalue weighted by Gasteiger charge is -2.27. The molecule has 0 atom stereocenters. The Hall–Kier alpha value is -1.93. The molecule has 1 amide bonds. The van der Waals surface area contributed by atoms with Gasteiger partial charge < -0.3 is 25.8 Å². The zero-order valence-corrected chi connectivity index (χ0v) is 16.5. The molecule has 0 bridgehead atoms. The molecule has 0 unspecified atom stereocenters. The van der Waals surface area contributed by atoms with Crippen LogP contribution in [-0.4, -0.2) is 59.9 Å². The molecule has 2 rings (SSSR count). The van der Waals surface area contributed by atoms with Gasteiger partial charge in [-0.05, 0) is 38.5 Å². The standard InChI is InChI=1S/C19H33N5O3/c1-3-4-10-21-19-22-13-16(18(26)20-11-5-12-27-2)17(24-19)23-14-6-8-15(25)9-7-14/h13-15,25H,3-12H2,1-2H3,(H,20,26)(H2,21,22,23,24)/t14-,15-. The van der Waals surface area contributed by atoms with Crippen molar-refractivity contribution in [2.24, 2.45) is 0 Å². The number of anilines is 2. The Labute approximate surface area is 161 Å². The van der Waals surface area contributed by atoms with E-state index in [0.717, 1.165) is 51.5 Å². The average Bonchev–Trinajstić information content (AvgIpc) is 2.67. The number of ether oxygens (including phenoxy) is 1. The number of unbranched alkanes of at least 4 members (excludes halogenated alkanes) is 1. The van der Waals surface area contributed by atoms with E-state index in [1.807, 2.05) is 0 Å². The van der Waals surface area contributed by atoms with E-state index in [4.69, 9.17) is 4.74 Å². The molecule has 1 fully saturated rings. The second-order valence-electron chi connectivity index (χ2n) is 6.99. The predicted molar refractivity (Wildman–Crippen MR) is 106 cm³/mol. The first kappa shape index (κ1) is 21.4. The topological polar surface area (TPSA) is 108 Å². The van der Waals surface area contributed by atoms with E-state index in [2.05, 4.69) is 32.8 Å². The summed E-state index contributed by atoms with van der Waals surface area (Å²) in [5, 5.41) is 19.2. The molecule has 4 N–H and O–H groups in total. The first-order valence-corrected chi connectivity index (χ1v) is 9.96. The van der Waals surface area contributed by atoms with E-state index in [-0.39, 0.29) is 18.1 Å². The average molecular weight is 380 g/mol. The number of hydrogen-bond donors (Lipinski definition) is 4. The molecule has 1 aromatic heterocycles. The maximum Gasteiger partial charge on any atom is 0.256 e. The van der Waals surface area contributed by atoms with Gasteiger partial charge in [0.15, 0.2) is 0 Å². The molecule has 1 aliphatic rings. The number of hydrogen-bond acceptors (Lipinski definition) is 7. The summed E-state index contributed by atoms with van der Waals surface area (Å²) in [7, 11) is 1.64. The second kappa shape index (κ2) is 11.7. The van der Waals surface area contributed by atoms with Crippen molar-refractivity contribution in [3.8, 4) is 0 Å². The van der Waals surface area contributed by atoms with E-state index < -0.39 is 0 Å². The lowest BCUT2D eigenvalue weighted by Crippen LogP contribution is -2.31. The van der Waals surface area contributed by atoms with E-state index >= 15 is 0 Å². The minimum Gasteiger partial charge on any atom is -0.393 e.